The van der Waals surface area contributed by atoms with Gasteiger partial charge in [0, 0.05) is 42.6 Å². The quantitative estimate of drug-likeness (QED) is 0.357. The highest BCUT2D eigenvalue weighted by Gasteiger charge is 2.14. The first-order valence-electron chi connectivity index (χ1n) is 8.15. The molecule has 2 aromatic rings. The zero-order valence-corrected chi connectivity index (χ0v) is 17.2. The summed E-state index contributed by atoms with van der Waals surface area (Å²) in [5.41, 5.74) is 0.876. The predicted octanol–water partition coefficient (Wildman–Crippen LogP) is 2.59. The van der Waals surface area contributed by atoms with E-state index in [9.17, 15) is 8.42 Å². The number of guanidine groups is 1. The fourth-order valence-electron chi connectivity index (χ4n) is 2.29. The van der Waals surface area contributed by atoms with Gasteiger partial charge in [-0.05, 0) is 36.8 Å². The van der Waals surface area contributed by atoms with Crippen molar-refractivity contribution in [3.63, 3.8) is 0 Å². The molecule has 0 aliphatic heterocycles. The molecule has 0 fully saturated rings. The second-order valence-corrected chi connectivity index (χ2v) is 8.23. The number of halogens is 2. The highest BCUT2D eigenvalue weighted by Crippen LogP contribution is 2.25. The third kappa shape index (κ3) is 6.35. The molecule has 1 atom stereocenters. The monoisotopic (exact) mass is 429 g/mol. The van der Waals surface area contributed by atoms with Gasteiger partial charge in [0.1, 0.15) is 4.90 Å². The van der Waals surface area contributed by atoms with Gasteiger partial charge >= 0.3 is 0 Å². The predicted molar refractivity (Wildman–Crippen MR) is 109 cm³/mol. The third-order valence-corrected chi connectivity index (χ3v) is 5.67. The van der Waals surface area contributed by atoms with Crippen molar-refractivity contribution in [2.75, 3.05) is 20.1 Å². The van der Waals surface area contributed by atoms with Crippen LogP contribution in [0.3, 0.4) is 0 Å². The number of pyridine rings is 1. The molecule has 0 saturated heterocycles. The summed E-state index contributed by atoms with van der Waals surface area (Å²) in [6, 6.07) is 8.23. The second-order valence-electron chi connectivity index (χ2n) is 5.62. The molecule has 7 nitrogen and oxygen atoms in total. The molecule has 1 heterocycles. The average Bonchev–Trinajstić information content (AvgIpc) is 2.64. The summed E-state index contributed by atoms with van der Waals surface area (Å²) < 4.78 is 26.8. The largest absolute Gasteiger partial charge is 0.355 e. The first-order valence-corrected chi connectivity index (χ1v) is 10.4. The lowest BCUT2D eigenvalue weighted by Crippen LogP contribution is -2.42. The lowest BCUT2D eigenvalue weighted by atomic mass is 10.1. The first kappa shape index (κ1) is 21.4. The molecule has 0 amide bonds. The lowest BCUT2D eigenvalue weighted by Gasteiger charge is -2.19. The molecule has 1 aromatic heterocycles. The van der Waals surface area contributed by atoms with Crippen LogP contribution in [0, 0.1) is 0 Å². The lowest BCUT2D eigenvalue weighted by molar-refractivity contribution is 0.579. The van der Waals surface area contributed by atoms with Crippen LogP contribution in [0.25, 0.3) is 0 Å². The van der Waals surface area contributed by atoms with Gasteiger partial charge in [0.2, 0.25) is 10.0 Å². The van der Waals surface area contributed by atoms with Crippen LogP contribution in [0.4, 0.5) is 0 Å². The Morgan fingerprint density at radius 1 is 1.26 bits per heavy atom. The minimum Gasteiger partial charge on any atom is -0.355 e. The molecule has 1 aromatic carbocycles. The standard InChI is InChI=1S/C17H21Cl2N5O2S/c1-12(15-6-5-13(18)10-16(15)19)24-17(20-2)22-8-9-23-27(25,26)14-4-3-7-21-11-14/h3-7,10-12,23H,8-9H2,1-2H3,(H2,20,22,24). The molecule has 0 spiro atoms. The zero-order chi connectivity index (χ0) is 19.9. The minimum atomic E-state index is -3.58. The van der Waals surface area contributed by atoms with Crippen LogP contribution in [-0.4, -0.2) is 39.5 Å². The van der Waals surface area contributed by atoms with Crippen molar-refractivity contribution in [1.29, 1.82) is 0 Å². The Balaban J connectivity index is 1.85. The number of aliphatic imine (C=N–C) groups is 1. The van der Waals surface area contributed by atoms with Crippen molar-refractivity contribution in [3.05, 3.63) is 58.3 Å². The SMILES string of the molecule is CN=C(NCCNS(=O)(=O)c1cccnc1)NC(C)c1ccc(Cl)cc1Cl. The van der Waals surface area contributed by atoms with Crippen LogP contribution in [0.5, 0.6) is 0 Å². The number of hydrogen-bond acceptors (Lipinski definition) is 4. The number of rotatable bonds is 7. The smallest absolute Gasteiger partial charge is 0.242 e. The zero-order valence-electron chi connectivity index (χ0n) is 14.9. The number of nitrogens with one attached hydrogen (secondary N) is 3. The molecule has 0 bridgehead atoms. The summed E-state index contributed by atoms with van der Waals surface area (Å²) in [7, 11) is -1.95. The molecule has 146 valence electrons. The van der Waals surface area contributed by atoms with Crippen LogP contribution in [0.1, 0.15) is 18.5 Å². The van der Waals surface area contributed by atoms with Crippen LogP contribution >= 0.6 is 23.2 Å². The molecule has 0 saturated carbocycles. The van der Waals surface area contributed by atoms with Crippen LogP contribution in [0.15, 0.2) is 52.6 Å². The maximum absolute atomic E-state index is 12.1. The summed E-state index contributed by atoms with van der Waals surface area (Å²) in [5, 5.41) is 7.38. The Hall–Kier alpha value is -1.87. The maximum atomic E-state index is 12.1. The highest BCUT2D eigenvalue weighted by molar-refractivity contribution is 7.89. The number of aromatic nitrogens is 1. The fraction of sp³-hybridized carbons (Fsp3) is 0.294. The molecule has 0 aliphatic rings. The third-order valence-electron chi connectivity index (χ3n) is 3.66. The van der Waals surface area contributed by atoms with Crippen molar-refractivity contribution in [2.45, 2.75) is 17.9 Å². The van der Waals surface area contributed by atoms with Crippen molar-refractivity contribution < 1.29 is 8.42 Å². The van der Waals surface area contributed by atoms with Gasteiger partial charge < -0.3 is 10.6 Å². The van der Waals surface area contributed by atoms with Gasteiger partial charge in [0.25, 0.3) is 0 Å². The van der Waals surface area contributed by atoms with E-state index in [1.807, 2.05) is 13.0 Å². The van der Waals surface area contributed by atoms with E-state index in [2.05, 4.69) is 25.3 Å². The summed E-state index contributed by atoms with van der Waals surface area (Å²) in [6.07, 6.45) is 2.82. The average molecular weight is 430 g/mol. The van der Waals surface area contributed by atoms with Gasteiger partial charge in [-0.1, -0.05) is 29.3 Å². The van der Waals surface area contributed by atoms with Crippen LogP contribution in [-0.2, 0) is 10.0 Å². The van der Waals surface area contributed by atoms with Gasteiger partial charge in [0.05, 0.1) is 6.04 Å². The molecule has 10 heteroatoms. The Morgan fingerprint density at radius 2 is 2.04 bits per heavy atom. The van der Waals surface area contributed by atoms with Gasteiger partial charge in [-0.2, -0.15) is 0 Å². The molecule has 27 heavy (non-hydrogen) atoms. The van der Waals surface area contributed by atoms with E-state index in [-0.39, 0.29) is 17.5 Å². The van der Waals surface area contributed by atoms with Crippen LogP contribution < -0.4 is 15.4 Å². The van der Waals surface area contributed by atoms with Crippen molar-refractivity contribution >= 4 is 39.2 Å². The van der Waals surface area contributed by atoms with Gasteiger partial charge in [-0.3, -0.25) is 9.98 Å². The molecule has 2 rings (SSSR count). The topological polar surface area (TPSA) is 95.5 Å². The molecule has 3 N–H and O–H groups in total. The maximum Gasteiger partial charge on any atom is 0.242 e. The Morgan fingerprint density at radius 3 is 2.67 bits per heavy atom. The van der Waals surface area contributed by atoms with E-state index in [1.54, 1.807) is 25.2 Å². The molecule has 0 radical (unpaired) electrons. The number of hydrogen-bond donors (Lipinski definition) is 3. The van der Waals surface area contributed by atoms with E-state index in [1.165, 1.54) is 18.5 Å². The van der Waals surface area contributed by atoms with E-state index >= 15 is 0 Å². The molecular weight excluding hydrogens is 409 g/mol. The van der Waals surface area contributed by atoms with Crippen molar-refractivity contribution in [3.8, 4) is 0 Å². The van der Waals surface area contributed by atoms with Crippen molar-refractivity contribution in [2.24, 2.45) is 4.99 Å². The van der Waals surface area contributed by atoms with Crippen LogP contribution in [0.2, 0.25) is 10.0 Å². The first-order chi connectivity index (χ1) is 12.8. The van der Waals surface area contributed by atoms with E-state index in [4.69, 9.17) is 23.2 Å². The summed E-state index contributed by atoms with van der Waals surface area (Å²) in [6.45, 7) is 2.47. The Bertz CT molecular complexity index is 891. The number of benzene rings is 1. The Labute approximate surface area is 169 Å². The van der Waals surface area contributed by atoms with Crippen molar-refractivity contribution in [1.82, 2.24) is 20.3 Å². The normalized spacial score (nSPS) is 13.3. The summed E-state index contributed by atoms with van der Waals surface area (Å²) in [5.74, 6) is 0.522. The second kappa shape index (κ2) is 9.89. The molecule has 0 aliphatic carbocycles. The summed E-state index contributed by atoms with van der Waals surface area (Å²) in [4.78, 5) is 8.07. The van der Waals surface area contributed by atoms with E-state index in [0.717, 1.165) is 5.56 Å². The van der Waals surface area contributed by atoms with Gasteiger partial charge in [-0.25, -0.2) is 13.1 Å². The number of sulfonamides is 1. The molecular formula is C17H21Cl2N5O2S. The molecule has 1 unspecified atom stereocenters. The minimum absolute atomic E-state index is 0.118. The fourth-order valence-corrected chi connectivity index (χ4v) is 3.85. The number of nitrogens with zero attached hydrogens (tertiary/aromatic N) is 2. The summed E-state index contributed by atoms with van der Waals surface area (Å²) >= 11 is 12.1. The Kier molecular flexibility index (Phi) is 7.85. The van der Waals surface area contributed by atoms with E-state index < -0.39 is 10.0 Å². The highest BCUT2D eigenvalue weighted by atomic mass is 35.5. The van der Waals surface area contributed by atoms with E-state index in [0.29, 0.717) is 22.5 Å². The van der Waals surface area contributed by atoms with Gasteiger partial charge in [-0.15, -0.1) is 0 Å². The van der Waals surface area contributed by atoms with Gasteiger partial charge in [0.15, 0.2) is 5.96 Å².